The van der Waals surface area contributed by atoms with E-state index in [1.807, 2.05) is 0 Å². The van der Waals surface area contributed by atoms with Gasteiger partial charge in [-0.1, -0.05) is 0 Å². The summed E-state index contributed by atoms with van der Waals surface area (Å²) in [7, 11) is 0. The minimum absolute atomic E-state index is 0. The first-order valence-electron chi connectivity index (χ1n) is 1.19. The average molecular weight is 138 g/mol. The molecule has 7 N–H and O–H groups in total. The summed E-state index contributed by atoms with van der Waals surface area (Å²) >= 11 is 0. The minimum atomic E-state index is -0.968. The van der Waals surface area contributed by atoms with Gasteiger partial charge in [-0.15, -0.1) is 0 Å². The summed E-state index contributed by atoms with van der Waals surface area (Å²) in [6.07, 6.45) is 0. The van der Waals surface area contributed by atoms with Crippen LogP contribution in [-0.2, 0) is 4.79 Å². The zero-order valence-electron chi connectivity index (χ0n) is 4.22. The molecule has 6 heteroatoms. The van der Waals surface area contributed by atoms with E-state index in [0.717, 1.165) is 0 Å². The summed E-state index contributed by atoms with van der Waals surface area (Å²) in [6.45, 7) is -0.278. The molecule has 0 bridgehead atoms. The summed E-state index contributed by atoms with van der Waals surface area (Å²) in [5.74, 6) is -0.968. The molecule has 0 aliphatic rings. The predicted molar refractivity (Wildman–Crippen MR) is 29.7 cm³/mol. The van der Waals surface area contributed by atoms with E-state index in [0.29, 0.717) is 0 Å². The standard InChI is InChI=1S/C2H5NO2.Al.2H2O/c3-1-2(4)5;;;/h1,3H2,(H,4,5);;2*1H2/q;+3;;. The van der Waals surface area contributed by atoms with Crippen LogP contribution in [0.5, 0.6) is 0 Å². The summed E-state index contributed by atoms with van der Waals surface area (Å²) in [4.78, 5) is 9.24. The third-order valence-electron chi connectivity index (χ3n) is 0.175. The van der Waals surface area contributed by atoms with Crippen molar-refractivity contribution in [2.24, 2.45) is 5.73 Å². The van der Waals surface area contributed by atoms with E-state index >= 15 is 0 Å². The van der Waals surface area contributed by atoms with Gasteiger partial charge in [-0.25, -0.2) is 0 Å². The Labute approximate surface area is 57.2 Å². The van der Waals surface area contributed by atoms with Gasteiger partial charge in [0.25, 0.3) is 0 Å². The maximum absolute atomic E-state index is 9.24. The SMILES string of the molecule is NCC(=O)O.O.O.[Al+3]. The molecular weight excluding hydrogens is 129 g/mol. The molecule has 0 aromatic heterocycles. The van der Waals surface area contributed by atoms with Crippen LogP contribution >= 0.6 is 0 Å². The molecule has 0 unspecified atom stereocenters. The Kier molecular flexibility index (Phi) is 48.9. The number of aliphatic carboxylic acids is 1. The number of hydrogen-bond donors (Lipinski definition) is 2. The molecule has 0 aliphatic carbocycles. The van der Waals surface area contributed by atoms with Crippen LogP contribution in [0.4, 0.5) is 0 Å². The van der Waals surface area contributed by atoms with E-state index in [4.69, 9.17) is 5.11 Å². The second-order valence-corrected chi connectivity index (χ2v) is 0.598. The summed E-state index contributed by atoms with van der Waals surface area (Å²) in [5.41, 5.74) is 4.57. The number of nitrogens with two attached hydrogens (primary N) is 1. The van der Waals surface area contributed by atoms with Gasteiger partial charge in [0.05, 0.1) is 6.54 Å². The Balaban J connectivity index is -0.0000000267. The van der Waals surface area contributed by atoms with Crippen LogP contribution in [0.1, 0.15) is 0 Å². The largest absolute Gasteiger partial charge is 3.00 e. The van der Waals surface area contributed by atoms with Crippen molar-refractivity contribution in [3.8, 4) is 0 Å². The fraction of sp³-hybridized carbons (Fsp3) is 0.500. The number of hydrogen-bond acceptors (Lipinski definition) is 2. The van der Waals surface area contributed by atoms with Gasteiger partial charge in [-0.05, 0) is 0 Å². The first-order chi connectivity index (χ1) is 2.27. The van der Waals surface area contributed by atoms with Gasteiger partial charge in [-0.3, -0.25) is 4.79 Å². The van der Waals surface area contributed by atoms with Crippen LogP contribution in [0.2, 0.25) is 0 Å². The Morgan fingerprint density at radius 3 is 1.62 bits per heavy atom. The molecule has 0 aromatic rings. The van der Waals surface area contributed by atoms with Crippen molar-refractivity contribution in [1.29, 1.82) is 0 Å². The monoisotopic (exact) mass is 138 g/mol. The summed E-state index contributed by atoms with van der Waals surface area (Å²) in [5, 5.41) is 7.60. The van der Waals surface area contributed by atoms with Crippen molar-refractivity contribution in [2.75, 3.05) is 6.54 Å². The van der Waals surface area contributed by atoms with Gasteiger partial charge in [0, 0.05) is 0 Å². The normalized spacial score (nSPS) is 4.62. The third kappa shape index (κ3) is 39.6. The maximum Gasteiger partial charge on any atom is 3.00 e. The van der Waals surface area contributed by atoms with Crippen molar-refractivity contribution in [2.45, 2.75) is 0 Å². The zero-order valence-corrected chi connectivity index (χ0v) is 5.37. The van der Waals surface area contributed by atoms with Crippen LogP contribution in [0.15, 0.2) is 0 Å². The van der Waals surface area contributed by atoms with E-state index in [9.17, 15) is 4.79 Å². The molecule has 0 saturated carbocycles. The van der Waals surface area contributed by atoms with E-state index in [2.05, 4.69) is 5.73 Å². The van der Waals surface area contributed by atoms with Crippen molar-refractivity contribution in [3.63, 3.8) is 0 Å². The number of carboxylic acid groups (broad SMARTS) is 1. The van der Waals surface area contributed by atoms with E-state index < -0.39 is 5.97 Å². The minimum Gasteiger partial charge on any atom is -0.480 e. The molecule has 0 saturated heterocycles. The molecule has 0 spiro atoms. The van der Waals surface area contributed by atoms with Crippen LogP contribution in [-0.4, -0.2) is 45.9 Å². The molecule has 0 aromatic carbocycles. The van der Waals surface area contributed by atoms with Crippen molar-refractivity contribution < 1.29 is 20.9 Å². The number of carboxylic acids is 1. The Bertz CT molecular complexity index is 49.3. The molecule has 0 atom stereocenters. The van der Waals surface area contributed by atoms with Crippen LogP contribution in [0, 0.1) is 0 Å². The molecule has 46 valence electrons. The van der Waals surface area contributed by atoms with Crippen LogP contribution in [0.25, 0.3) is 0 Å². The van der Waals surface area contributed by atoms with Gasteiger partial charge in [-0.2, -0.15) is 0 Å². The van der Waals surface area contributed by atoms with Crippen molar-refractivity contribution in [1.82, 2.24) is 0 Å². The average Bonchev–Trinajstić information content (AvgIpc) is 1.38. The van der Waals surface area contributed by atoms with Crippen LogP contribution < -0.4 is 5.73 Å². The van der Waals surface area contributed by atoms with E-state index in [1.165, 1.54) is 0 Å². The molecular formula is C2H9AlNO4+3. The summed E-state index contributed by atoms with van der Waals surface area (Å²) in [6, 6.07) is 0. The molecule has 0 heterocycles. The van der Waals surface area contributed by atoms with E-state index in [1.54, 1.807) is 0 Å². The third-order valence-corrected chi connectivity index (χ3v) is 0.175. The molecule has 5 nitrogen and oxygen atoms in total. The number of carbonyl (C=O) groups is 1. The first kappa shape index (κ1) is 24.8. The van der Waals surface area contributed by atoms with Gasteiger partial charge in [0.1, 0.15) is 0 Å². The van der Waals surface area contributed by atoms with Gasteiger partial charge < -0.3 is 21.8 Å². The Morgan fingerprint density at radius 1 is 1.50 bits per heavy atom. The van der Waals surface area contributed by atoms with Gasteiger partial charge >= 0.3 is 23.3 Å². The van der Waals surface area contributed by atoms with E-state index in [-0.39, 0.29) is 34.9 Å². The molecule has 8 heavy (non-hydrogen) atoms. The second kappa shape index (κ2) is 15.8. The van der Waals surface area contributed by atoms with Crippen molar-refractivity contribution >= 4 is 23.3 Å². The van der Waals surface area contributed by atoms with Crippen LogP contribution in [0.3, 0.4) is 0 Å². The topological polar surface area (TPSA) is 126 Å². The van der Waals surface area contributed by atoms with Gasteiger partial charge in [0.15, 0.2) is 0 Å². The van der Waals surface area contributed by atoms with Gasteiger partial charge in [0.2, 0.25) is 0 Å². The Morgan fingerprint density at radius 2 is 1.62 bits per heavy atom. The Hall–Kier alpha value is -0.118. The zero-order chi connectivity index (χ0) is 4.28. The fourth-order valence-electron chi connectivity index (χ4n) is 0. The molecule has 0 amide bonds. The number of rotatable bonds is 1. The molecule has 0 fully saturated rings. The smallest absolute Gasteiger partial charge is 0.480 e. The molecule has 0 aliphatic heterocycles. The molecule has 0 radical (unpaired) electrons. The summed E-state index contributed by atoms with van der Waals surface area (Å²) < 4.78 is 0. The van der Waals surface area contributed by atoms with Crippen molar-refractivity contribution in [3.05, 3.63) is 0 Å². The maximum atomic E-state index is 9.24. The predicted octanol–water partition coefficient (Wildman–Crippen LogP) is -3.00. The fourth-order valence-corrected chi connectivity index (χ4v) is 0. The quantitative estimate of drug-likeness (QED) is 0.375. The molecule has 0 rings (SSSR count). The second-order valence-electron chi connectivity index (χ2n) is 0.598. The first-order valence-corrected chi connectivity index (χ1v) is 1.19.